The van der Waals surface area contributed by atoms with E-state index >= 15 is 0 Å². The summed E-state index contributed by atoms with van der Waals surface area (Å²) in [6.45, 7) is 1.37. The molecule has 24 heavy (non-hydrogen) atoms. The second kappa shape index (κ2) is 9.36. The molecule has 5 nitrogen and oxygen atoms in total. The molecule has 0 aliphatic carbocycles. The monoisotopic (exact) mass is 364 g/mol. The predicted molar refractivity (Wildman–Crippen MR) is 102 cm³/mol. The summed E-state index contributed by atoms with van der Waals surface area (Å²) in [6.07, 6.45) is 0.849. The van der Waals surface area contributed by atoms with Crippen molar-refractivity contribution in [3.63, 3.8) is 0 Å². The summed E-state index contributed by atoms with van der Waals surface area (Å²) in [5, 5.41) is 7.33. The van der Waals surface area contributed by atoms with Crippen molar-refractivity contribution in [3.8, 4) is 10.4 Å². The van der Waals surface area contributed by atoms with Gasteiger partial charge >= 0.3 is 5.97 Å². The molecule has 0 saturated heterocycles. The summed E-state index contributed by atoms with van der Waals surface area (Å²) in [5.41, 5.74) is 1.52. The molecule has 0 fully saturated rings. The first-order valence-corrected chi connectivity index (χ1v) is 8.69. The number of carbonyl (C=O) groups is 1. The second-order valence-electron chi connectivity index (χ2n) is 4.94. The van der Waals surface area contributed by atoms with Gasteiger partial charge < -0.3 is 20.1 Å². The van der Waals surface area contributed by atoms with Crippen LogP contribution in [0.3, 0.4) is 0 Å². The molecule has 0 saturated carbocycles. The van der Waals surface area contributed by atoms with Crippen LogP contribution in [0.5, 0.6) is 0 Å². The van der Waals surface area contributed by atoms with Crippen molar-refractivity contribution in [1.29, 1.82) is 0 Å². The highest BCUT2D eigenvalue weighted by Gasteiger charge is 2.18. The lowest BCUT2D eigenvalue weighted by atomic mass is 10.1. The van der Waals surface area contributed by atoms with E-state index in [1.54, 1.807) is 7.11 Å². The van der Waals surface area contributed by atoms with Gasteiger partial charge in [0, 0.05) is 25.1 Å². The minimum absolute atomic E-state index is 0.391. The zero-order valence-corrected chi connectivity index (χ0v) is 15.3. The average molecular weight is 364 g/mol. The van der Waals surface area contributed by atoms with Crippen molar-refractivity contribution in [2.24, 2.45) is 0 Å². The highest BCUT2D eigenvalue weighted by atomic mass is 32.1. The van der Waals surface area contributed by atoms with Crippen LogP contribution in [-0.4, -0.2) is 38.5 Å². The van der Waals surface area contributed by atoms with E-state index in [0.717, 1.165) is 16.9 Å². The van der Waals surface area contributed by atoms with E-state index in [-0.39, 0.29) is 0 Å². The Morgan fingerprint density at radius 3 is 2.67 bits per heavy atom. The van der Waals surface area contributed by atoms with Gasteiger partial charge in [0.1, 0.15) is 5.00 Å². The molecule has 0 radical (unpaired) electrons. The van der Waals surface area contributed by atoms with Gasteiger partial charge in [0.05, 0.1) is 12.7 Å². The lowest BCUT2D eigenvalue weighted by molar-refractivity contribution is 0.0602. The third-order valence-corrected chi connectivity index (χ3v) is 4.58. The first kappa shape index (κ1) is 18.4. The standard InChI is InChI=1S/C17H20N2O3S2/c1-21-10-6-9-18-17(23)19-15-13(16(20)22-2)11-14(24-15)12-7-4-3-5-8-12/h3-5,7-8,11H,6,9-10H2,1-2H3,(H2,18,19,23). The fourth-order valence-electron chi connectivity index (χ4n) is 2.06. The first-order chi connectivity index (χ1) is 11.7. The smallest absolute Gasteiger partial charge is 0.340 e. The van der Waals surface area contributed by atoms with E-state index in [4.69, 9.17) is 21.7 Å². The van der Waals surface area contributed by atoms with E-state index in [1.165, 1.54) is 18.4 Å². The fourth-order valence-corrected chi connectivity index (χ4v) is 3.38. The van der Waals surface area contributed by atoms with Gasteiger partial charge in [-0.3, -0.25) is 0 Å². The molecule has 2 aromatic rings. The Morgan fingerprint density at radius 2 is 2.00 bits per heavy atom. The van der Waals surface area contributed by atoms with Crippen LogP contribution in [0.2, 0.25) is 0 Å². The summed E-state index contributed by atoms with van der Waals surface area (Å²) >= 11 is 6.75. The Balaban J connectivity index is 2.14. The van der Waals surface area contributed by atoms with Crippen LogP contribution in [0, 0.1) is 0 Å². The van der Waals surface area contributed by atoms with Gasteiger partial charge in [-0.15, -0.1) is 11.3 Å². The number of esters is 1. The van der Waals surface area contributed by atoms with Crippen molar-refractivity contribution in [3.05, 3.63) is 42.0 Å². The Bertz CT molecular complexity index is 686. The maximum Gasteiger partial charge on any atom is 0.340 e. The number of anilines is 1. The summed E-state index contributed by atoms with van der Waals surface area (Å²) in [4.78, 5) is 13.0. The molecule has 0 aliphatic heterocycles. The van der Waals surface area contributed by atoms with Crippen molar-refractivity contribution in [2.45, 2.75) is 6.42 Å². The summed E-state index contributed by atoms with van der Waals surface area (Å²) in [6, 6.07) is 11.7. The van der Waals surface area contributed by atoms with E-state index in [1.807, 2.05) is 36.4 Å². The highest BCUT2D eigenvalue weighted by Crippen LogP contribution is 2.35. The van der Waals surface area contributed by atoms with E-state index in [2.05, 4.69) is 10.6 Å². The molecule has 0 amide bonds. The Kier molecular flexibility index (Phi) is 7.17. The number of carbonyl (C=O) groups excluding carboxylic acids is 1. The van der Waals surface area contributed by atoms with Crippen molar-refractivity contribution >= 4 is 39.6 Å². The number of rotatable bonds is 7. The number of thiophene rings is 1. The SMILES string of the molecule is COCCCNC(=S)Nc1sc(-c2ccccc2)cc1C(=O)OC. The fraction of sp³-hybridized carbons (Fsp3) is 0.294. The van der Waals surface area contributed by atoms with Crippen LogP contribution < -0.4 is 10.6 Å². The van der Waals surface area contributed by atoms with Crippen LogP contribution in [0.4, 0.5) is 5.00 Å². The van der Waals surface area contributed by atoms with Gasteiger partial charge in [0.25, 0.3) is 0 Å². The zero-order valence-electron chi connectivity index (χ0n) is 13.6. The second-order valence-corrected chi connectivity index (χ2v) is 6.40. The number of ether oxygens (including phenoxy) is 2. The van der Waals surface area contributed by atoms with Crippen LogP contribution in [0.25, 0.3) is 10.4 Å². The maximum absolute atomic E-state index is 12.0. The molecule has 1 heterocycles. The molecular weight excluding hydrogens is 344 g/mol. The number of thiocarbonyl (C=S) groups is 1. The molecule has 128 valence electrons. The third-order valence-electron chi connectivity index (χ3n) is 3.23. The normalized spacial score (nSPS) is 10.2. The molecule has 1 aromatic carbocycles. The van der Waals surface area contributed by atoms with Gasteiger partial charge in [-0.2, -0.15) is 0 Å². The number of benzene rings is 1. The van der Waals surface area contributed by atoms with E-state index < -0.39 is 5.97 Å². The molecule has 1 aromatic heterocycles. The lowest BCUT2D eigenvalue weighted by Gasteiger charge is -2.10. The quantitative estimate of drug-likeness (QED) is 0.445. The van der Waals surface area contributed by atoms with Crippen molar-refractivity contribution in [1.82, 2.24) is 5.32 Å². The number of methoxy groups -OCH3 is 2. The van der Waals surface area contributed by atoms with Gasteiger partial charge in [-0.1, -0.05) is 30.3 Å². The minimum atomic E-state index is -0.391. The van der Waals surface area contributed by atoms with Gasteiger partial charge in [0.15, 0.2) is 5.11 Å². The number of hydrogen-bond donors (Lipinski definition) is 2. The predicted octanol–water partition coefficient (Wildman–Crippen LogP) is 3.52. The summed E-state index contributed by atoms with van der Waals surface area (Å²) < 4.78 is 9.86. The Morgan fingerprint density at radius 1 is 1.25 bits per heavy atom. The molecule has 2 N–H and O–H groups in total. The Hall–Kier alpha value is -1.96. The number of nitrogens with one attached hydrogen (secondary N) is 2. The largest absolute Gasteiger partial charge is 0.465 e. The molecule has 7 heteroatoms. The van der Waals surface area contributed by atoms with Gasteiger partial charge in [-0.05, 0) is 30.3 Å². The Labute approximate surface area is 151 Å². The summed E-state index contributed by atoms with van der Waals surface area (Å²) in [7, 11) is 3.03. The van der Waals surface area contributed by atoms with Crippen LogP contribution >= 0.6 is 23.6 Å². The molecule has 0 aliphatic rings. The molecule has 0 spiro atoms. The summed E-state index contributed by atoms with van der Waals surface area (Å²) in [5.74, 6) is -0.391. The highest BCUT2D eigenvalue weighted by molar-refractivity contribution is 7.80. The first-order valence-electron chi connectivity index (χ1n) is 7.47. The van der Waals surface area contributed by atoms with Gasteiger partial charge in [-0.25, -0.2) is 4.79 Å². The van der Waals surface area contributed by atoms with Crippen LogP contribution in [0.15, 0.2) is 36.4 Å². The number of hydrogen-bond acceptors (Lipinski definition) is 5. The van der Waals surface area contributed by atoms with Crippen molar-refractivity contribution in [2.75, 3.05) is 32.7 Å². The van der Waals surface area contributed by atoms with Crippen LogP contribution in [0.1, 0.15) is 16.8 Å². The van der Waals surface area contributed by atoms with Crippen molar-refractivity contribution < 1.29 is 14.3 Å². The van der Waals surface area contributed by atoms with Crippen LogP contribution in [-0.2, 0) is 9.47 Å². The van der Waals surface area contributed by atoms with Gasteiger partial charge in [0.2, 0.25) is 0 Å². The molecule has 0 atom stereocenters. The average Bonchev–Trinajstić information content (AvgIpc) is 3.02. The molecule has 2 rings (SSSR count). The van der Waals surface area contributed by atoms with E-state index in [0.29, 0.717) is 28.8 Å². The minimum Gasteiger partial charge on any atom is -0.465 e. The topological polar surface area (TPSA) is 59.6 Å². The molecular formula is C17H20N2O3S2. The maximum atomic E-state index is 12.0. The van der Waals surface area contributed by atoms with E-state index in [9.17, 15) is 4.79 Å². The third kappa shape index (κ3) is 5.02. The molecule has 0 unspecified atom stereocenters. The molecule has 0 bridgehead atoms. The zero-order chi connectivity index (χ0) is 17.4. The lowest BCUT2D eigenvalue weighted by Crippen LogP contribution is -2.30.